The van der Waals surface area contributed by atoms with Crippen molar-refractivity contribution >= 4 is 17.7 Å². The fraction of sp³-hybridized carbons (Fsp3) is 0.400. The second-order valence-corrected chi connectivity index (χ2v) is 7.44. The first-order valence-electron chi connectivity index (χ1n) is 8.59. The average molecular weight is 356 g/mol. The number of fused-ring (bicyclic) bond motifs is 1. The molecule has 0 unspecified atom stereocenters. The van der Waals surface area contributed by atoms with Gasteiger partial charge in [-0.25, -0.2) is 0 Å². The van der Waals surface area contributed by atoms with Crippen LogP contribution in [0.1, 0.15) is 34.4 Å². The van der Waals surface area contributed by atoms with Crippen molar-refractivity contribution in [3.05, 3.63) is 52.3 Å². The Kier molecular flexibility index (Phi) is 5.63. The highest BCUT2D eigenvalue weighted by atomic mass is 32.2. The Hall–Kier alpha value is -2.01. The van der Waals surface area contributed by atoms with Crippen LogP contribution in [0, 0.1) is 13.8 Å². The largest absolute Gasteiger partial charge is 0.496 e. The van der Waals surface area contributed by atoms with Crippen molar-refractivity contribution in [1.82, 2.24) is 10.3 Å². The van der Waals surface area contributed by atoms with Crippen molar-refractivity contribution in [3.8, 4) is 5.75 Å². The maximum Gasteiger partial charge on any atom is 0.230 e. The highest BCUT2D eigenvalue weighted by Gasteiger charge is 2.13. The van der Waals surface area contributed by atoms with Gasteiger partial charge in [-0.3, -0.25) is 9.78 Å². The van der Waals surface area contributed by atoms with Crippen LogP contribution in [-0.4, -0.2) is 23.8 Å². The zero-order chi connectivity index (χ0) is 17.8. The Morgan fingerprint density at radius 3 is 2.88 bits per heavy atom. The van der Waals surface area contributed by atoms with Crippen LogP contribution in [0.2, 0.25) is 0 Å². The first kappa shape index (κ1) is 17.8. The molecule has 1 aliphatic rings. The number of ether oxygens (including phenoxy) is 1. The minimum atomic E-state index is 0.0197. The van der Waals surface area contributed by atoms with Gasteiger partial charge in [0.15, 0.2) is 0 Å². The Morgan fingerprint density at radius 1 is 1.28 bits per heavy atom. The zero-order valence-corrected chi connectivity index (χ0v) is 15.8. The first-order chi connectivity index (χ1) is 12.1. The molecule has 5 heteroatoms. The van der Waals surface area contributed by atoms with Gasteiger partial charge in [0, 0.05) is 22.2 Å². The lowest BCUT2D eigenvalue weighted by molar-refractivity contribution is -0.118. The van der Waals surface area contributed by atoms with Crippen LogP contribution in [0.15, 0.2) is 29.3 Å². The summed E-state index contributed by atoms with van der Waals surface area (Å²) >= 11 is 1.59. The molecule has 0 bridgehead atoms. The number of thioether (sulfide) groups is 1. The molecule has 1 aromatic heterocycles. The van der Waals surface area contributed by atoms with Crippen molar-refractivity contribution in [2.45, 2.75) is 44.6 Å². The number of amides is 1. The lowest BCUT2D eigenvalue weighted by atomic mass is 10.1. The van der Waals surface area contributed by atoms with Crippen molar-refractivity contribution < 1.29 is 9.53 Å². The van der Waals surface area contributed by atoms with Gasteiger partial charge in [-0.15, -0.1) is 11.8 Å². The molecule has 0 saturated carbocycles. The lowest BCUT2D eigenvalue weighted by Crippen LogP contribution is -2.25. The van der Waals surface area contributed by atoms with Crippen LogP contribution < -0.4 is 10.1 Å². The SMILES string of the molecule is COc1c(C)cnc(CNC(=O)CSc2ccc3c(c2)CCC3)c1C. The van der Waals surface area contributed by atoms with E-state index in [2.05, 4.69) is 28.5 Å². The van der Waals surface area contributed by atoms with Crippen LogP contribution in [0.3, 0.4) is 0 Å². The Bertz CT molecular complexity index is 790. The molecule has 1 aromatic carbocycles. The van der Waals surface area contributed by atoms with E-state index in [9.17, 15) is 4.79 Å². The van der Waals surface area contributed by atoms with Crippen LogP contribution >= 0.6 is 11.8 Å². The number of nitrogens with one attached hydrogen (secondary N) is 1. The van der Waals surface area contributed by atoms with Crippen molar-refractivity contribution in [2.24, 2.45) is 0 Å². The van der Waals surface area contributed by atoms with Crippen LogP contribution in [-0.2, 0) is 24.2 Å². The van der Waals surface area contributed by atoms with Crippen molar-refractivity contribution in [1.29, 1.82) is 0 Å². The summed E-state index contributed by atoms with van der Waals surface area (Å²) in [5, 5.41) is 2.96. The fourth-order valence-electron chi connectivity index (χ4n) is 3.27. The number of methoxy groups -OCH3 is 1. The van der Waals surface area contributed by atoms with Gasteiger partial charge < -0.3 is 10.1 Å². The van der Waals surface area contributed by atoms with Crippen LogP contribution in [0.4, 0.5) is 0 Å². The van der Waals surface area contributed by atoms with Gasteiger partial charge in [-0.1, -0.05) is 6.07 Å². The highest BCUT2D eigenvalue weighted by molar-refractivity contribution is 8.00. The van der Waals surface area contributed by atoms with Crippen molar-refractivity contribution in [3.63, 3.8) is 0 Å². The quantitative estimate of drug-likeness (QED) is 0.804. The molecule has 0 saturated heterocycles. The minimum Gasteiger partial charge on any atom is -0.496 e. The predicted octanol–water partition coefficient (Wildman–Crippen LogP) is 3.60. The molecular formula is C20H24N2O2S. The summed E-state index contributed by atoms with van der Waals surface area (Å²) in [6.07, 6.45) is 5.38. The van der Waals surface area contributed by atoms with Gasteiger partial charge in [0.1, 0.15) is 5.75 Å². The van der Waals surface area contributed by atoms with E-state index in [4.69, 9.17) is 4.74 Å². The van der Waals surface area contributed by atoms with E-state index in [0.29, 0.717) is 12.3 Å². The van der Waals surface area contributed by atoms with Gasteiger partial charge in [-0.05, 0) is 56.4 Å². The first-order valence-corrected chi connectivity index (χ1v) is 9.57. The minimum absolute atomic E-state index is 0.0197. The Labute approximate surface area is 153 Å². The number of aromatic nitrogens is 1. The predicted molar refractivity (Wildman–Crippen MR) is 101 cm³/mol. The summed E-state index contributed by atoms with van der Waals surface area (Å²) in [6.45, 7) is 4.36. The molecule has 1 amide bonds. The second-order valence-electron chi connectivity index (χ2n) is 6.40. The summed E-state index contributed by atoms with van der Waals surface area (Å²) in [5.41, 5.74) is 5.73. The van der Waals surface area contributed by atoms with E-state index >= 15 is 0 Å². The van der Waals surface area contributed by atoms with Crippen LogP contribution in [0.25, 0.3) is 0 Å². The number of hydrogen-bond acceptors (Lipinski definition) is 4. The molecule has 1 aliphatic carbocycles. The highest BCUT2D eigenvalue weighted by Crippen LogP contribution is 2.27. The van der Waals surface area contributed by atoms with Gasteiger partial charge in [-0.2, -0.15) is 0 Å². The molecule has 0 spiro atoms. The molecule has 0 radical (unpaired) electrons. The topological polar surface area (TPSA) is 51.2 Å². The summed E-state index contributed by atoms with van der Waals surface area (Å²) in [7, 11) is 1.66. The number of aryl methyl sites for hydroxylation is 3. The van der Waals surface area contributed by atoms with E-state index in [1.54, 1.807) is 25.1 Å². The summed E-state index contributed by atoms with van der Waals surface area (Å²) in [4.78, 5) is 17.7. The molecule has 2 aromatic rings. The normalized spacial score (nSPS) is 12.8. The van der Waals surface area contributed by atoms with E-state index in [1.165, 1.54) is 28.9 Å². The summed E-state index contributed by atoms with van der Waals surface area (Å²) < 4.78 is 5.41. The maximum absolute atomic E-state index is 12.2. The molecule has 4 nitrogen and oxygen atoms in total. The fourth-order valence-corrected chi connectivity index (χ4v) is 4.06. The number of nitrogens with zero attached hydrogens (tertiary/aromatic N) is 1. The van der Waals surface area contributed by atoms with Gasteiger partial charge in [0.2, 0.25) is 5.91 Å². The maximum atomic E-state index is 12.2. The third-order valence-electron chi connectivity index (χ3n) is 4.64. The second kappa shape index (κ2) is 7.91. The number of hydrogen-bond donors (Lipinski definition) is 1. The average Bonchev–Trinajstić information content (AvgIpc) is 3.07. The number of pyridine rings is 1. The van der Waals surface area contributed by atoms with E-state index in [-0.39, 0.29) is 5.91 Å². The molecule has 25 heavy (non-hydrogen) atoms. The standard InChI is InChI=1S/C20H24N2O2S/c1-13-10-21-18(14(2)20(13)24-3)11-22-19(23)12-25-17-8-7-15-5-4-6-16(15)9-17/h7-10H,4-6,11-12H2,1-3H3,(H,22,23). The van der Waals surface area contributed by atoms with E-state index in [0.717, 1.165) is 29.0 Å². The molecule has 0 aliphatic heterocycles. The van der Waals surface area contributed by atoms with Gasteiger partial charge >= 0.3 is 0 Å². The molecule has 0 fully saturated rings. The van der Waals surface area contributed by atoms with Crippen LogP contribution in [0.5, 0.6) is 5.75 Å². The number of benzene rings is 1. The van der Waals surface area contributed by atoms with Gasteiger partial charge in [0.25, 0.3) is 0 Å². The smallest absolute Gasteiger partial charge is 0.230 e. The monoisotopic (exact) mass is 356 g/mol. The number of rotatable bonds is 6. The molecule has 1 N–H and O–H groups in total. The molecular weight excluding hydrogens is 332 g/mol. The zero-order valence-electron chi connectivity index (χ0n) is 15.0. The third-order valence-corrected chi connectivity index (χ3v) is 5.64. The van der Waals surface area contributed by atoms with Crippen molar-refractivity contribution in [2.75, 3.05) is 12.9 Å². The molecule has 1 heterocycles. The Morgan fingerprint density at radius 2 is 2.08 bits per heavy atom. The number of carbonyl (C=O) groups is 1. The van der Waals surface area contributed by atoms with Gasteiger partial charge in [0.05, 0.1) is 25.1 Å². The molecule has 0 atom stereocenters. The third kappa shape index (κ3) is 4.15. The van der Waals surface area contributed by atoms with E-state index < -0.39 is 0 Å². The molecule has 132 valence electrons. The van der Waals surface area contributed by atoms with E-state index in [1.807, 2.05) is 13.8 Å². The Balaban J connectivity index is 1.53. The number of carbonyl (C=O) groups excluding carboxylic acids is 1. The summed E-state index contributed by atoms with van der Waals surface area (Å²) in [6, 6.07) is 6.56. The summed E-state index contributed by atoms with van der Waals surface area (Å²) in [5.74, 6) is 1.28. The molecule has 3 rings (SSSR count). The lowest BCUT2D eigenvalue weighted by Gasteiger charge is -2.13.